The third-order valence-corrected chi connectivity index (χ3v) is 5.26. The molecule has 2 N–H and O–H groups in total. The number of allylic oxidation sites excluding steroid dienone is 1. The van der Waals surface area contributed by atoms with Gasteiger partial charge in [-0.05, 0) is 37.0 Å². The number of ether oxygens (including phenoxy) is 1. The number of carbonyl (C=O) groups is 1. The van der Waals surface area contributed by atoms with Crippen molar-refractivity contribution in [2.24, 2.45) is 4.40 Å². The predicted molar refractivity (Wildman–Crippen MR) is 106 cm³/mol. The standard InChI is InChI=1S/C19H27N3O4S/c1-13-17(14(2)22-27(24,25)21-13)12-18(23)20-10-11-26-16-8-6-15(7-9-16)19(3,4)5/h6-9,21H,10-12H2,1-5H3,(H,20,23). The molecule has 27 heavy (non-hydrogen) atoms. The second-order valence-corrected chi connectivity index (χ2v) is 8.84. The number of amides is 1. The lowest BCUT2D eigenvalue weighted by atomic mass is 9.87. The minimum absolute atomic E-state index is 0.0595. The summed E-state index contributed by atoms with van der Waals surface area (Å²) in [5.74, 6) is 0.534. The molecule has 1 aromatic carbocycles. The fourth-order valence-electron chi connectivity index (χ4n) is 2.68. The van der Waals surface area contributed by atoms with Gasteiger partial charge in [0.2, 0.25) is 5.91 Å². The summed E-state index contributed by atoms with van der Waals surface area (Å²) in [5.41, 5.74) is 2.66. The molecule has 0 spiro atoms. The van der Waals surface area contributed by atoms with E-state index in [9.17, 15) is 13.2 Å². The molecular weight excluding hydrogens is 366 g/mol. The van der Waals surface area contributed by atoms with Crippen LogP contribution in [0.3, 0.4) is 0 Å². The van der Waals surface area contributed by atoms with Crippen molar-refractivity contribution >= 4 is 21.8 Å². The Labute approximate surface area is 161 Å². The largest absolute Gasteiger partial charge is 0.492 e. The van der Waals surface area contributed by atoms with E-state index in [-0.39, 0.29) is 17.7 Å². The smallest absolute Gasteiger partial charge is 0.342 e. The lowest BCUT2D eigenvalue weighted by Gasteiger charge is -2.19. The van der Waals surface area contributed by atoms with Gasteiger partial charge >= 0.3 is 10.2 Å². The number of nitrogens with zero attached hydrogens (tertiary/aromatic N) is 1. The lowest BCUT2D eigenvalue weighted by molar-refractivity contribution is -0.120. The molecule has 0 atom stereocenters. The van der Waals surface area contributed by atoms with E-state index < -0.39 is 10.2 Å². The van der Waals surface area contributed by atoms with E-state index >= 15 is 0 Å². The van der Waals surface area contributed by atoms with Gasteiger partial charge < -0.3 is 10.1 Å². The molecule has 1 aliphatic heterocycles. The first kappa shape index (κ1) is 21.0. The van der Waals surface area contributed by atoms with Crippen LogP contribution in [0, 0.1) is 0 Å². The van der Waals surface area contributed by atoms with Crippen LogP contribution >= 0.6 is 0 Å². The minimum atomic E-state index is -3.69. The molecule has 0 fully saturated rings. The van der Waals surface area contributed by atoms with Crippen LogP contribution in [0.5, 0.6) is 5.75 Å². The molecule has 1 amide bonds. The van der Waals surface area contributed by atoms with Crippen LogP contribution < -0.4 is 14.8 Å². The molecule has 1 heterocycles. The highest BCUT2D eigenvalue weighted by atomic mass is 32.2. The highest BCUT2D eigenvalue weighted by molar-refractivity contribution is 7.88. The number of benzene rings is 1. The molecule has 8 heteroatoms. The van der Waals surface area contributed by atoms with Crippen molar-refractivity contribution in [3.63, 3.8) is 0 Å². The molecule has 0 aromatic heterocycles. The monoisotopic (exact) mass is 393 g/mol. The van der Waals surface area contributed by atoms with Gasteiger partial charge in [0.15, 0.2) is 0 Å². The SMILES string of the molecule is CC1=NS(=O)(=O)NC(C)=C1CC(=O)NCCOc1ccc(C(C)(C)C)cc1. The topological polar surface area (TPSA) is 96.9 Å². The molecular formula is C19H27N3O4S. The van der Waals surface area contributed by atoms with Crippen LogP contribution in [-0.2, 0) is 20.4 Å². The molecule has 0 saturated heterocycles. The quantitative estimate of drug-likeness (QED) is 0.726. The number of carbonyl (C=O) groups excluding carboxylic acids is 1. The molecule has 7 nitrogen and oxygen atoms in total. The van der Waals surface area contributed by atoms with Crippen LogP contribution in [0.1, 0.15) is 46.6 Å². The Morgan fingerprint density at radius 3 is 2.37 bits per heavy atom. The summed E-state index contributed by atoms with van der Waals surface area (Å²) < 4.78 is 34.5. The van der Waals surface area contributed by atoms with Gasteiger partial charge in [-0.25, -0.2) is 0 Å². The predicted octanol–water partition coefficient (Wildman–Crippen LogP) is 2.45. The van der Waals surface area contributed by atoms with E-state index in [2.05, 4.69) is 35.2 Å². The zero-order valence-electron chi connectivity index (χ0n) is 16.4. The van der Waals surface area contributed by atoms with Gasteiger partial charge in [-0.1, -0.05) is 32.9 Å². The summed E-state index contributed by atoms with van der Waals surface area (Å²) in [4.78, 5) is 12.1. The number of hydrogen-bond donors (Lipinski definition) is 2. The van der Waals surface area contributed by atoms with E-state index in [1.807, 2.05) is 24.3 Å². The summed E-state index contributed by atoms with van der Waals surface area (Å²) in [6, 6.07) is 7.92. The van der Waals surface area contributed by atoms with Crippen LogP contribution in [0.2, 0.25) is 0 Å². The van der Waals surface area contributed by atoms with Gasteiger partial charge in [0, 0.05) is 11.3 Å². The van der Waals surface area contributed by atoms with Crippen molar-refractivity contribution < 1.29 is 17.9 Å². The highest BCUT2D eigenvalue weighted by Gasteiger charge is 2.22. The summed E-state index contributed by atoms with van der Waals surface area (Å²) in [6.45, 7) is 10.3. The maximum Gasteiger partial charge on any atom is 0.342 e. The molecule has 0 radical (unpaired) electrons. The normalized spacial score (nSPS) is 16.4. The van der Waals surface area contributed by atoms with Crippen LogP contribution in [0.25, 0.3) is 0 Å². The summed E-state index contributed by atoms with van der Waals surface area (Å²) >= 11 is 0. The van der Waals surface area contributed by atoms with E-state index in [0.717, 1.165) is 5.75 Å². The van der Waals surface area contributed by atoms with Crippen LogP contribution in [0.15, 0.2) is 39.9 Å². The molecule has 0 aliphatic carbocycles. The Morgan fingerprint density at radius 1 is 1.19 bits per heavy atom. The lowest BCUT2D eigenvalue weighted by Crippen LogP contribution is -2.32. The molecule has 148 valence electrons. The van der Waals surface area contributed by atoms with Crippen molar-refractivity contribution in [3.8, 4) is 5.75 Å². The average molecular weight is 394 g/mol. The third-order valence-electron chi connectivity index (χ3n) is 4.18. The minimum Gasteiger partial charge on any atom is -0.492 e. The number of rotatable bonds is 6. The van der Waals surface area contributed by atoms with Crippen LogP contribution in [0.4, 0.5) is 0 Å². The van der Waals surface area contributed by atoms with Crippen molar-refractivity contribution in [1.29, 1.82) is 0 Å². The summed E-state index contributed by atoms with van der Waals surface area (Å²) in [6.07, 6.45) is 0.0595. The van der Waals surface area contributed by atoms with E-state index in [1.165, 1.54) is 5.56 Å². The van der Waals surface area contributed by atoms with Gasteiger partial charge in [0.25, 0.3) is 0 Å². The molecule has 1 aliphatic rings. The Kier molecular flexibility index (Phi) is 6.30. The molecule has 0 unspecified atom stereocenters. The first-order chi connectivity index (χ1) is 12.5. The van der Waals surface area contributed by atoms with Gasteiger partial charge in [0.1, 0.15) is 12.4 Å². The van der Waals surface area contributed by atoms with Crippen molar-refractivity contribution in [2.45, 2.75) is 46.5 Å². The Balaban J connectivity index is 1.79. The fraction of sp³-hybridized carbons (Fsp3) is 0.474. The molecule has 1 aromatic rings. The molecule has 0 saturated carbocycles. The highest BCUT2D eigenvalue weighted by Crippen LogP contribution is 2.24. The molecule has 2 rings (SSSR count). The zero-order chi connectivity index (χ0) is 20.2. The van der Waals surface area contributed by atoms with Crippen LogP contribution in [-0.4, -0.2) is 33.2 Å². The molecule has 0 bridgehead atoms. The van der Waals surface area contributed by atoms with E-state index in [0.29, 0.717) is 30.1 Å². The van der Waals surface area contributed by atoms with Gasteiger partial charge in [0.05, 0.1) is 18.7 Å². The van der Waals surface area contributed by atoms with Crippen molar-refractivity contribution in [3.05, 3.63) is 41.1 Å². The third kappa shape index (κ3) is 6.09. The summed E-state index contributed by atoms with van der Waals surface area (Å²) in [7, 11) is -3.69. The second kappa shape index (κ2) is 8.12. The second-order valence-electron chi connectivity index (χ2n) is 7.51. The number of nitrogens with one attached hydrogen (secondary N) is 2. The maximum absolute atomic E-state index is 12.1. The van der Waals surface area contributed by atoms with Crippen molar-refractivity contribution in [2.75, 3.05) is 13.2 Å². The first-order valence-electron chi connectivity index (χ1n) is 8.77. The van der Waals surface area contributed by atoms with Crippen molar-refractivity contribution in [1.82, 2.24) is 10.0 Å². The van der Waals surface area contributed by atoms with Gasteiger partial charge in [-0.3, -0.25) is 9.52 Å². The maximum atomic E-state index is 12.1. The average Bonchev–Trinajstić information content (AvgIpc) is 2.54. The zero-order valence-corrected chi connectivity index (χ0v) is 17.2. The van der Waals surface area contributed by atoms with E-state index in [4.69, 9.17) is 4.74 Å². The van der Waals surface area contributed by atoms with Gasteiger partial charge in [-0.2, -0.15) is 8.42 Å². The van der Waals surface area contributed by atoms with E-state index in [1.54, 1.807) is 13.8 Å². The fourth-order valence-corrected chi connectivity index (χ4v) is 3.71. The number of hydrogen-bond acceptors (Lipinski definition) is 4. The van der Waals surface area contributed by atoms with Gasteiger partial charge in [-0.15, -0.1) is 4.40 Å². The Morgan fingerprint density at radius 2 is 1.81 bits per heavy atom. The Hall–Kier alpha value is -2.35. The Bertz CT molecular complexity index is 863. The first-order valence-corrected chi connectivity index (χ1v) is 10.2. The summed E-state index contributed by atoms with van der Waals surface area (Å²) in [5, 5.41) is 2.77.